The van der Waals surface area contributed by atoms with Crippen molar-refractivity contribution < 1.29 is 19.2 Å². The van der Waals surface area contributed by atoms with Crippen LogP contribution in [0.4, 0.5) is 11.4 Å². The van der Waals surface area contributed by atoms with E-state index in [0.717, 1.165) is 5.56 Å². The van der Waals surface area contributed by atoms with E-state index in [9.17, 15) is 19.7 Å². The topological polar surface area (TPSA) is 98.5 Å². The van der Waals surface area contributed by atoms with E-state index < -0.39 is 4.92 Å². The molecule has 0 aliphatic heterocycles. The zero-order valence-corrected chi connectivity index (χ0v) is 16.1. The zero-order chi connectivity index (χ0) is 21.5. The first-order valence-electron chi connectivity index (χ1n) is 8.98. The van der Waals surface area contributed by atoms with Gasteiger partial charge in [-0.25, -0.2) is 0 Å². The third-order valence-electron chi connectivity index (χ3n) is 4.29. The highest BCUT2D eigenvalue weighted by molar-refractivity contribution is 6.07. The standard InChI is InChI=1S/C23H18N2O5/c1-30-21-12-8-18(9-13-21)23(27)24-19-4-2-3-16(15-19)5-14-22(26)17-6-10-20(11-7-17)25(28)29/h2-15H,1H3,(H,24,27)/b14-5+. The lowest BCUT2D eigenvalue weighted by Crippen LogP contribution is -2.11. The number of methoxy groups -OCH3 is 1. The van der Waals surface area contributed by atoms with Gasteiger partial charge in [-0.1, -0.05) is 18.2 Å². The SMILES string of the molecule is COc1ccc(C(=O)Nc2cccc(/C=C/C(=O)c3ccc([N+](=O)[O-])cc3)c2)cc1. The van der Waals surface area contributed by atoms with E-state index in [1.165, 1.54) is 30.3 Å². The van der Waals surface area contributed by atoms with Gasteiger partial charge in [-0.15, -0.1) is 0 Å². The summed E-state index contributed by atoms with van der Waals surface area (Å²) in [5.74, 6) is 0.120. The summed E-state index contributed by atoms with van der Waals surface area (Å²) < 4.78 is 5.08. The van der Waals surface area contributed by atoms with Gasteiger partial charge < -0.3 is 10.1 Å². The fraction of sp³-hybridized carbons (Fsp3) is 0.0435. The van der Waals surface area contributed by atoms with E-state index in [0.29, 0.717) is 22.6 Å². The molecule has 1 N–H and O–H groups in total. The van der Waals surface area contributed by atoms with Gasteiger partial charge in [-0.2, -0.15) is 0 Å². The van der Waals surface area contributed by atoms with E-state index in [1.807, 2.05) is 0 Å². The predicted molar refractivity (Wildman–Crippen MR) is 114 cm³/mol. The molecule has 0 radical (unpaired) electrons. The Labute approximate surface area is 172 Å². The first-order chi connectivity index (χ1) is 14.5. The molecule has 3 rings (SSSR count). The third-order valence-corrected chi connectivity index (χ3v) is 4.29. The highest BCUT2D eigenvalue weighted by Crippen LogP contribution is 2.17. The second kappa shape index (κ2) is 9.29. The number of carbonyl (C=O) groups excluding carboxylic acids is 2. The minimum absolute atomic E-state index is 0.0733. The van der Waals surface area contributed by atoms with Crippen LogP contribution in [0.1, 0.15) is 26.3 Å². The van der Waals surface area contributed by atoms with E-state index in [-0.39, 0.29) is 17.4 Å². The summed E-state index contributed by atoms with van der Waals surface area (Å²) in [4.78, 5) is 34.8. The van der Waals surface area contributed by atoms with Crippen LogP contribution in [0.15, 0.2) is 78.9 Å². The van der Waals surface area contributed by atoms with Gasteiger partial charge in [0.15, 0.2) is 5.78 Å². The Morgan fingerprint density at radius 3 is 2.27 bits per heavy atom. The van der Waals surface area contributed by atoms with Crippen molar-refractivity contribution in [2.45, 2.75) is 0 Å². The average molecular weight is 402 g/mol. The zero-order valence-electron chi connectivity index (χ0n) is 16.1. The number of benzene rings is 3. The molecule has 0 unspecified atom stereocenters. The molecule has 3 aromatic rings. The molecule has 3 aromatic carbocycles. The third kappa shape index (κ3) is 5.17. The number of hydrogen-bond donors (Lipinski definition) is 1. The highest BCUT2D eigenvalue weighted by Gasteiger charge is 2.08. The number of carbonyl (C=O) groups is 2. The quantitative estimate of drug-likeness (QED) is 0.266. The van der Waals surface area contributed by atoms with Crippen LogP contribution in [0.2, 0.25) is 0 Å². The first-order valence-corrected chi connectivity index (χ1v) is 8.98. The van der Waals surface area contributed by atoms with Gasteiger partial charge in [0.05, 0.1) is 12.0 Å². The summed E-state index contributed by atoms with van der Waals surface area (Å²) in [5.41, 5.74) is 2.07. The molecule has 0 atom stereocenters. The Kier molecular flexibility index (Phi) is 6.34. The van der Waals surface area contributed by atoms with Gasteiger partial charge in [0, 0.05) is 28.9 Å². The summed E-state index contributed by atoms with van der Waals surface area (Å²) in [5, 5.41) is 13.5. The lowest BCUT2D eigenvalue weighted by atomic mass is 10.1. The smallest absolute Gasteiger partial charge is 0.269 e. The minimum atomic E-state index is -0.518. The molecule has 7 heteroatoms. The first kappa shape index (κ1) is 20.5. The number of allylic oxidation sites excluding steroid dienone is 1. The Hall–Kier alpha value is -4.26. The molecule has 0 saturated heterocycles. The number of hydrogen-bond acceptors (Lipinski definition) is 5. The van der Waals surface area contributed by atoms with Crippen LogP contribution < -0.4 is 10.1 Å². The van der Waals surface area contributed by atoms with Crippen LogP contribution >= 0.6 is 0 Å². The number of non-ortho nitro benzene ring substituents is 1. The van der Waals surface area contributed by atoms with E-state index >= 15 is 0 Å². The van der Waals surface area contributed by atoms with Crippen molar-refractivity contribution in [1.82, 2.24) is 0 Å². The van der Waals surface area contributed by atoms with Crippen LogP contribution in [0.25, 0.3) is 6.08 Å². The number of rotatable bonds is 7. The van der Waals surface area contributed by atoms with Gasteiger partial charge in [-0.3, -0.25) is 19.7 Å². The molecular weight excluding hydrogens is 384 g/mol. The summed E-state index contributed by atoms with van der Waals surface area (Å²) in [7, 11) is 1.56. The van der Waals surface area contributed by atoms with E-state index in [1.54, 1.807) is 61.7 Å². The molecule has 0 aromatic heterocycles. The van der Waals surface area contributed by atoms with Crippen molar-refractivity contribution in [3.05, 3.63) is 106 Å². The van der Waals surface area contributed by atoms with Crippen molar-refractivity contribution in [2.75, 3.05) is 12.4 Å². The lowest BCUT2D eigenvalue weighted by molar-refractivity contribution is -0.384. The minimum Gasteiger partial charge on any atom is -0.497 e. The van der Waals surface area contributed by atoms with Gasteiger partial charge in [-0.05, 0) is 60.2 Å². The number of nitrogens with zero attached hydrogens (tertiary/aromatic N) is 1. The second-order valence-electron chi connectivity index (χ2n) is 6.31. The molecule has 0 fully saturated rings. The van der Waals surface area contributed by atoms with Gasteiger partial charge >= 0.3 is 0 Å². The maximum atomic E-state index is 12.4. The fourth-order valence-corrected chi connectivity index (χ4v) is 2.68. The fourth-order valence-electron chi connectivity index (χ4n) is 2.68. The summed E-state index contributed by atoms with van der Waals surface area (Å²) in [6.45, 7) is 0. The van der Waals surface area contributed by atoms with Crippen LogP contribution in [0.3, 0.4) is 0 Å². The molecule has 0 bridgehead atoms. The second-order valence-corrected chi connectivity index (χ2v) is 6.31. The average Bonchev–Trinajstić information content (AvgIpc) is 2.77. The molecule has 7 nitrogen and oxygen atoms in total. The molecule has 0 aliphatic rings. The number of nitrogens with one attached hydrogen (secondary N) is 1. The summed E-state index contributed by atoms with van der Waals surface area (Å²) in [6.07, 6.45) is 3.00. The number of nitro groups is 1. The molecule has 0 aliphatic carbocycles. The van der Waals surface area contributed by atoms with Crippen molar-refractivity contribution in [1.29, 1.82) is 0 Å². The van der Waals surface area contributed by atoms with Crippen molar-refractivity contribution in [3.8, 4) is 5.75 Å². The Morgan fingerprint density at radius 2 is 1.63 bits per heavy atom. The lowest BCUT2D eigenvalue weighted by Gasteiger charge is -2.07. The van der Waals surface area contributed by atoms with Crippen LogP contribution in [-0.2, 0) is 0 Å². The van der Waals surface area contributed by atoms with Crippen LogP contribution in [0.5, 0.6) is 5.75 Å². The van der Waals surface area contributed by atoms with Gasteiger partial charge in [0.25, 0.3) is 11.6 Å². The number of nitro benzene ring substituents is 1. The Morgan fingerprint density at radius 1 is 0.967 bits per heavy atom. The number of ether oxygens (including phenoxy) is 1. The number of amides is 1. The van der Waals surface area contributed by atoms with Crippen molar-refractivity contribution >= 4 is 29.1 Å². The molecule has 1 amide bonds. The molecule has 0 heterocycles. The van der Waals surface area contributed by atoms with Gasteiger partial charge in [0.2, 0.25) is 0 Å². The molecule has 0 saturated carbocycles. The molecule has 150 valence electrons. The van der Waals surface area contributed by atoms with Crippen molar-refractivity contribution in [3.63, 3.8) is 0 Å². The van der Waals surface area contributed by atoms with Crippen LogP contribution in [-0.4, -0.2) is 23.7 Å². The van der Waals surface area contributed by atoms with E-state index in [2.05, 4.69) is 5.32 Å². The van der Waals surface area contributed by atoms with Crippen molar-refractivity contribution in [2.24, 2.45) is 0 Å². The van der Waals surface area contributed by atoms with Crippen LogP contribution in [0, 0.1) is 10.1 Å². The maximum Gasteiger partial charge on any atom is 0.269 e. The maximum absolute atomic E-state index is 12.4. The highest BCUT2D eigenvalue weighted by atomic mass is 16.6. The molecular formula is C23H18N2O5. The molecule has 0 spiro atoms. The Balaban J connectivity index is 1.67. The normalized spacial score (nSPS) is 10.6. The Bertz CT molecular complexity index is 1100. The monoisotopic (exact) mass is 402 g/mol. The summed E-state index contributed by atoms with van der Waals surface area (Å²) in [6, 6.07) is 19.2. The summed E-state index contributed by atoms with van der Waals surface area (Å²) >= 11 is 0. The van der Waals surface area contributed by atoms with E-state index in [4.69, 9.17) is 4.74 Å². The van der Waals surface area contributed by atoms with Gasteiger partial charge in [0.1, 0.15) is 5.75 Å². The number of anilines is 1. The number of ketones is 1. The molecule has 30 heavy (non-hydrogen) atoms. The largest absolute Gasteiger partial charge is 0.497 e. The predicted octanol–water partition coefficient (Wildman–Crippen LogP) is 4.75.